The molecule has 0 bridgehead atoms. The summed E-state index contributed by atoms with van der Waals surface area (Å²) in [5.74, 6) is 1.45. The summed E-state index contributed by atoms with van der Waals surface area (Å²) in [5, 5.41) is 12.9. The molecule has 0 fully saturated rings. The average molecular weight is 426 g/mol. The minimum Gasteiger partial charge on any atom is -0.491 e. The van der Waals surface area contributed by atoms with Gasteiger partial charge in [-0.25, -0.2) is 9.97 Å². The maximum atomic E-state index is 8.99. The molecule has 0 aliphatic heterocycles. The number of hydrogen-bond donors (Lipinski definition) is 2. The van der Waals surface area contributed by atoms with Crippen molar-refractivity contribution in [3.05, 3.63) is 82.1 Å². The van der Waals surface area contributed by atoms with Crippen LogP contribution in [-0.4, -0.2) is 34.3 Å². The van der Waals surface area contributed by atoms with E-state index in [2.05, 4.69) is 22.4 Å². The molecule has 3 rings (SSSR count). The molecule has 158 valence electrons. The Kier molecular flexibility index (Phi) is 8.05. The second-order valence-electron chi connectivity index (χ2n) is 7.46. The summed E-state index contributed by atoms with van der Waals surface area (Å²) in [6.45, 7) is 4.81. The van der Waals surface area contributed by atoms with Gasteiger partial charge in [-0.2, -0.15) is 0 Å². The lowest BCUT2D eigenvalue weighted by atomic mass is 10.0. The Morgan fingerprint density at radius 2 is 1.67 bits per heavy atom. The summed E-state index contributed by atoms with van der Waals surface area (Å²) < 4.78 is 5.73. The van der Waals surface area contributed by atoms with Gasteiger partial charge in [-0.15, -0.1) is 0 Å². The molecular formula is C24H28ClN3O2. The third kappa shape index (κ3) is 6.71. The number of aromatic nitrogens is 2. The van der Waals surface area contributed by atoms with Crippen LogP contribution in [0, 0.1) is 0 Å². The van der Waals surface area contributed by atoms with Crippen LogP contribution < -0.4 is 10.1 Å². The number of rotatable bonds is 10. The minimum absolute atomic E-state index is 0.138. The van der Waals surface area contributed by atoms with Crippen LogP contribution in [-0.2, 0) is 12.8 Å². The van der Waals surface area contributed by atoms with Gasteiger partial charge in [0.05, 0.1) is 11.8 Å². The van der Waals surface area contributed by atoms with Gasteiger partial charge >= 0.3 is 0 Å². The van der Waals surface area contributed by atoms with E-state index in [1.54, 1.807) is 0 Å². The van der Waals surface area contributed by atoms with Crippen molar-refractivity contribution in [1.82, 2.24) is 9.97 Å². The Bertz CT molecular complexity index is 928. The molecule has 0 spiro atoms. The van der Waals surface area contributed by atoms with Crippen molar-refractivity contribution in [2.24, 2.45) is 0 Å². The number of nitrogens with zero attached hydrogens (tertiary/aromatic N) is 2. The summed E-state index contributed by atoms with van der Waals surface area (Å²) in [7, 11) is 0. The van der Waals surface area contributed by atoms with E-state index in [0.29, 0.717) is 25.3 Å². The molecule has 0 atom stereocenters. The molecule has 0 saturated heterocycles. The van der Waals surface area contributed by atoms with Gasteiger partial charge in [0, 0.05) is 37.2 Å². The molecule has 0 amide bonds. The molecule has 30 heavy (non-hydrogen) atoms. The van der Waals surface area contributed by atoms with E-state index < -0.39 is 0 Å². The largest absolute Gasteiger partial charge is 0.491 e. The van der Waals surface area contributed by atoms with Crippen LogP contribution in [0.2, 0.25) is 5.02 Å². The summed E-state index contributed by atoms with van der Waals surface area (Å²) in [5.41, 5.74) is 4.37. The molecule has 3 aromatic rings. The SMILES string of the molecule is CC(C)Oc1ccc(Cc2cnc(NCCCO)nc2Cc2ccc(Cl)cc2)cc1. The van der Waals surface area contributed by atoms with E-state index in [1.165, 1.54) is 5.56 Å². The normalized spacial score (nSPS) is 11.0. The van der Waals surface area contributed by atoms with Crippen LogP contribution >= 0.6 is 11.6 Å². The molecule has 0 aliphatic carbocycles. The van der Waals surface area contributed by atoms with Crippen molar-refractivity contribution in [3.8, 4) is 5.75 Å². The first-order valence-corrected chi connectivity index (χ1v) is 10.6. The highest BCUT2D eigenvalue weighted by atomic mass is 35.5. The number of hydrogen-bond acceptors (Lipinski definition) is 5. The fourth-order valence-corrected chi connectivity index (χ4v) is 3.21. The number of nitrogens with one attached hydrogen (secondary N) is 1. The number of aliphatic hydroxyl groups excluding tert-OH is 1. The zero-order valence-electron chi connectivity index (χ0n) is 17.4. The maximum absolute atomic E-state index is 8.99. The van der Waals surface area contributed by atoms with Crippen molar-refractivity contribution in [1.29, 1.82) is 0 Å². The van der Waals surface area contributed by atoms with Crippen LogP contribution in [0.3, 0.4) is 0 Å². The van der Waals surface area contributed by atoms with Gasteiger partial charge in [0.1, 0.15) is 5.75 Å². The monoisotopic (exact) mass is 425 g/mol. The van der Waals surface area contributed by atoms with Crippen LogP contribution in [0.1, 0.15) is 42.7 Å². The second-order valence-corrected chi connectivity index (χ2v) is 7.90. The van der Waals surface area contributed by atoms with E-state index in [-0.39, 0.29) is 12.7 Å². The molecule has 0 saturated carbocycles. The molecule has 2 N–H and O–H groups in total. The Balaban J connectivity index is 1.81. The van der Waals surface area contributed by atoms with Gasteiger partial charge in [-0.3, -0.25) is 0 Å². The van der Waals surface area contributed by atoms with Crippen molar-refractivity contribution in [2.45, 2.75) is 39.2 Å². The fraction of sp³-hybridized carbons (Fsp3) is 0.333. The Labute approximate surface area is 183 Å². The molecule has 0 radical (unpaired) electrons. The molecule has 0 aliphatic rings. The lowest BCUT2D eigenvalue weighted by molar-refractivity contribution is 0.242. The standard InChI is InChI=1S/C24H28ClN3O2/c1-17(2)30-22-10-6-18(7-11-22)14-20-16-27-24(26-12-3-13-29)28-23(20)15-19-4-8-21(25)9-5-19/h4-11,16-17,29H,3,12-15H2,1-2H3,(H,26,27,28). The number of anilines is 1. The number of halogens is 1. The maximum Gasteiger partial charge on any atom is 0.222 e. The summed E-state index contributed by atoms with van der Waals surface area (Å²) >= 11 is 6.03. The van der Waals surface area contributed by atoms with Gasteiger partial charge in [0.15, 0.2) is 0 Å². The molecule has 1 aromatic heterocycles. The molecule has 2 aromatic carbocycles. The topological polar surface area (TPSA) is 67.3 Å². The van der Waals surface area contributed by atoms with Crippen molar-refractivity contribution >= 4 is 17.5 Å². The molecule has 6 heteroatoms. The predicted octanol–water partition coefficient (Wildman–Crippen LogP) is 4.89. The van der Waals surface area contributed by atoms with E-state index in [1.807, 2.05) is 56.4 Å². The van der Waals surface area contributed by atoms with Crippen molar-refractivity contribution < 1.29 is 9.84 Å². The minimum atomic E-state index is 0.138. The second kappa shape index (κ2) is 11.0. The smallest absolute Gasteiger partial charge is 0.222 e. The zero-order chi connectivity index (χ0) is 21.3. The van der Waals surface area contributed by atoms with Crippen LogP contribution in [0.5, 0.6) is 5.75 Å². The summed E-state index contributed by atoms with van der Waals surface area (Å²) in [6.07, 6.45) is 4.13. The predicted molar refractivity (Wildman–Crippen MR) is 121 cm³/mol. The molecule has 5 nitrogen and oxygen atoms in total. The van der Waals surface area contributed by atoms with Gasteiger partial charge in [-0.05, 0) is 61.2 Å². The van der Waals surface area contributed by atoms with Crippen molar-refractivity contribution in [3.63, 3.8) is 0 Å². The van der Waals surface area contributed by atoms with Crippen molar-refractivity contribution in [2.75, 3.05) is 18.5 Å². The van der Waals surface area contributed by atoms with Crippen LogP contribution in [0.25, 0.3) is 0 Å². The fourth-order valence-electron chi connectivity index (χ4n) is 3.08. The van der Waals surface area contributed by atoms with Crippen LogP contribution in [0.4, 0.5) is 5.95 Å². The lowest BCUT2D eigenvalue weighted by Crippen LogP contribution is -2.10. The highest BCUT2D eigenvalue weighted by molar-refractivity contribution is 6.30. The third-order valence-electron chi connectivity index (χ3n) is 4.55. The zero-order valence-corrected chi connectivity index (χ0v) is 18.2. The third-order valence-corrected chi connectivity index (χ3v) is 4.80. The van der Waals surface area contributed by atoms with Gasteiger partial charge in [-0.1, -0.05) is 35.9 Å². The van der Waals surface area contributed by atoms with Gasteiger partial charge in [0.2, 0.25) is 5.95 Å². The Hall–Kier alpha value is -2.63. The van der Waals surface area contributed by atoms with E-state index in [4.69, 9.17) is 26.4 Å². The Morgan fingerprint density at radius 1 is 1.00 bits per heavy atom. The summed E-state index contributed by atoms with van der Waals surface area (Å²) in [4.78, 5) is 9.22. The van der Waals surface area contributed by atoms with E-state index >= 15 is 0 Å². The van der Waals surface area contributed by atoms with Gasteiger partial charge < -0.3 is 15.2 Å². The average Bonchev–Trinajstić information content (AvgIpc) is 2.73. The van der Waals surface area contributed by atoms with E-state index in [0.717, 1.165) is 34.0 Å². The highest BCUT2D eigenvalue weighted by Gasteiger charge is 2.10. The lowest BCUT2D eigenvalue weighted by Gasteiger charge is -2.13. The molecular weight excluding hydrogens is 398 g/mol. The number of benzene rings is 2. The Morgan fingerprint density at radius 3 is 2.33 bits per heavy atom. The van der Waals surface area contributed by atoms with E-state index in [9.17, 15) is 0 Å². The first-order valence-electron chi connectivity index (χ1n) is 10.2. The van der Waals surface area contributed by atoms with Gasteiger partial charge in [0.25, 0.3) is 0 Å². The first-order chi connectivity index (χ1) is 14.5. The summed E-state index contributed by atoms with van der Waals surface area (Å²) in [6, 6.07) is 16.0. The first kappa shape index (κ1) is 22.1. The molecule has 0 unspecified atom stereocenters. The quantitative estimate of drug-likeness (QED) is 0.452. The molecule has 1 heterocycles. The number of aliphatic hydroxyl groups is 1. The number of ether oxygens (including phenoxy) is 1. The highest BCUT2D eigenvalue weighted by Crippen LogP contribution is 2.21. The van der Waals surface area contributed by atoms with Crippen LogP contribution in [0.15, 0.2) is 54.7 Å².